The summed E-state index contributed by atoms with van der Waals surface area (Å²) in [5.41, 5.74) is 3.72. The van der Waals surface area contributed by atoms with Crippen LogP contribution in [-0.4, -0.2) is 9.89 Å². The quantitative estimate of drug-likeness (QED) is 0.474. The molecule has 1 heterocycles. The number of hydrogen-bond acceptors (Lipinski definition) is 1. The topological polar surface area (TPSA) is 3.24 Å². The van der Waals surface area contributed by atoms with E-state index in [0.29, 0.717) is 16.1 Å². The average Bonchev–Trinajstić information content (AvgIpc) is 3.00. The molecule has 0 aliphatic carbocycles. The molecule has 0 radical (unpaired) electrons. The van der Waals surface area contributed by atoms with E-state index in [2.05, 4.69) is 62.9 Å². The van der Waals surface area contributed by atoms with Gasteiger partial charge in [-0.05, 0) is 43.0 Å². The van der Waals surface area contributed by atoms with Gasteiger partial charge in [0.1, 0.15) is 0 Å². The summed E-state index contributed by atoms with van der Waals surface area (Å²) in [6.45, 7) is 8.70. The van der Waals surface area contributed by atoms with E-state index in [0.717, 1.165) is 17.8 Å². The van der Waals surface area contributed by atoms with Crippen molar-refractivity contribution in [2.75, 3.05) is 0 Å². The fraction of sp³-hybridized carbons (Fsp3) is 0.409. The Morgan fingerprint density at radius 1 is 0.962 bits per heavy atom. The second-order valence-corrected chi connectivity index (χ2v) is 9.36. The van der Waals surface area contributed by atoms with Gasteiger partial charge in [0.15, 0.2) is 0 Å². The van der Waals surface area contributed by atoms with Gasteiger partial charge in [0, 0.05) is 5.41 Å². The zero-order valence-electron chi connectivity index (χ0n) is 15.7. The third-order valence-electron chi connectivity index (χ3n) is 5.02. The SMILES string of the molecule is Cc1cccc([C@@H]2CC[C@@H](c3ccc(Cl)c(Cl)c3)N2C(=S)C(C)(C)C)c1. The molecule has 3 rings (SSSR count). The van der Waals surface area contributed by atoms with Crippen molar-refractivity contribution >= 4 is 40.4 Å². The van der Waals surface area contributed by atoms with Gasteiger partial charge in [-0.3, -0.25) is 0 Å². The second kappa shape index (κ2) is 7.50. The van der Waals surface area contributed by atoms with Gasteiger partial charge in [-0.1, -0.05) is 92.1 Å². The summed E-state index contributed by atoms with van der Waals surface area (Å²) < 4.78 is 0. The van der Waals surface area contributed by atoms with Crippen LogP contribution in [-0.2, 0) is 0 Å². The lowest BCUT2D eigenvalue weighted by Crippen LogP contribution is -2.39. The number of hydrogen-bond donors (Lipinski definition) is 0. The van der Waals surface area contributed by atoms with Gasteiger partial charge in [-0.25, -0.2) is 0 Å². The highest BCUT2D eigenvalue weighted by Gasteiger charge is 2.40. The van der Waals surface area contributed by atoms with Gasteiger partial charge < -0.3 is 4.90 Å². The first-order valence-corrected chi connectivity index (χ1v) is 10.2. The smallest absolute Gasteiger partial charge is 0.0843 e. The third kappa shape index (κ3) is 3.93. The molecular formula is C22H25Cl2NS. The Balaban J connectivity index is 2.04. The number of nitrogens with zero attached hydrogens (tertiary/aromatic N) is 1. The van der Waals surface area contributed by atoms with Crippen molar-refractivity contribution in [1.29, 1.82) is 0 Å². The van der Waals surface area contributed by atoms with E-state index in [9.17, 15) is 0 Å². The third-order valence-corrected chi connectivity index (χ3v) is 6.58. The van der Waals surface area contributed by atoms with Crippen LogP contribution in [0.15, 0.2) is 42.5 Å². The van der Waals surface area contributed by atoms with E-state index in [1.807, 2.05) is 12.1 Å². The van der Waals surface area contributed by atoms with E-state index >= 15 is 0 Å². The molecule has 2 aromatic rings. The van der Waals surface area contributed by atoms with Crippen LogP contribution in [0.1, 0.15) is 62.4 Å². The summed E-state index contributed by atoms with van der Waals surface area (Å²) in [7, 11) is 0. The maximum absolute atomic E-state index is 6.30. The van der Waals surface area contributed by atoms with Crippen molar-refractivity contribution in [2.24, 2.45) is 5.41 Å². The molecular weight excluding hydrogens is 381 g/mol. The molecule has 0 bridgehead atoms. The van der Waals surface area contributed by atoms with Gasteiger partial charge >= 0.3 is 0 Å². The molecule has 0 amide bonds. The summed E-state index contributed by atoms with van der Waals surface area (Å²) in [5.74, 6) is 0. The van der Waals surface area contributed by atoms with Crippen molar-refractivity contribution < 1.29 is 0 Å². The number of likely N-dealkylation sites (tertiary alicyclic amines) is 1. The van der Waals surface area contributed by atoms with Gasteiger partial charge in [0.25, 0.3) is 0 Å². The largest absolute Gasteiger partial charge is 0.352 e. The zero-order chi connectivity index (χ0) is 19.1. The zero-order valence-corrected chi connectivity index (χ0v) is 18.1. The monoisotopic (exact) mass is 405 g/mol. The van der Waals surface area contributed by atoms with Crippen molar-refractivity contribution in [3.8, 4) is 0 Å². The molecule has 2 atom stereocenters. The molecule has 0 unspecified atom stereocenters. The highest BCUT2D eigenvalue weighted by Crippen LogP contribution is 2.47. The van der Waals surface area contributed by atoms with Crippen molar-refractivity contribution in [3.63, 3.8) is 0 Å². The lowest BCUT2D eigenvalue weighted by molar-refractivity contribution is 0.298. The van der Waals surface area contributed by atoms with Crippen LogP contribution in [0.25, 0.3) is 0 Å². The molecule has 138 valence electrons. The molecule has 1 nitrogen and oxygen atoms in total. The standard InChI is InChI=1S/C22H25Cl2NS/c1-14-6-5-7-15(12-14)19-10-11-20(25(19)21(26)22(2,3)4)16-8-9-17(23)18(24)13-16/h5-9,12-13,19-20H,10-11H2,1-4H3/t19-,20-/m0/s1. The lowest BCUT2D eigenvalue weighted by Gasteiger charge is -2.39. The number of thiocarbonyl (C=S) groups is 1. The number of benzene rings is 2. The lowest BCUT2D eigenvalue weighted by atomic mass is 9.93. The summed E-state index contributed by atoms with van der Waals surface area (Å²) in [4.78, 5) is 3.43. The van der Waals surface area contributed by atoms with Crippen LogP contribution in [0, 0.1) is 12.3 Å². The molecule has 1 fully saturated rings. The first kappa shape index (κ1) is 19.7. The van der Waals surface area contributed by atoms with E-state index < -0.39 is 0 Å². The molecule has 26 heavy (non-hydrogen) atoms. The van der Waals surface area contributed by atoms with Gasteiger partial charge in [0.05, 0.1) is 27.1 Å². The molecule has 0 saturated carbocycles. The fourth-order valence-corrected chi connectivity index (χ4v) is 4.29. The minimum Gasteiger partial charge on any atom is -0.352 e. The predicted molar refractivity (Wildman–Crippen MR) is 116 cm³/mol. The highest BCUT2D eigenvalue weighted by atomic mass is 35.5. The number of aryl methyl sites for hydroxylation is 1. The first-order chi connectivity index (χ1) is 12.2. The van der Waals surface area contributed by atoms with Crippen LogP contribution in [0.2, 0.25) is 10.0 Å². The molecule has 0 N–H and O–H groups in total. The molecule has 0 spiro atoms. The Kier molecular flexibility index (Phi) is 5.67. The summed E-state index contributed by atoms with van der Waals surface area (Å²) in [5, 5.41) is 1.19. The van der Waals surface area contributed by atoms with Gasteiger partial charge in [-0.2, -0.15) is 0 Å². The predicted octanol–water partition coefficient (Wildman–Crippen LogP) is 7.55. The van der Waals surface area contributed by atoms with Crippen LogP contribution < -0.4 is 0 Å². The summed E-state index contributed by atoms with van der Waals surface area (Å²) in [6, 6.07) is 15.2. The highest BCUT2D eigenvalue weighted by molar-refractivity contribution is 7.80. The molecule has 1 aliphatic rings. The Hall–Kier alpha value is -1.09. The number of halogens is 2. The maximum Gasteiger partial charge on any atom is 0.0843 e. The fourth-order valence-electron chi connectivity index (χ4n) is 3.73. The second-order valence-electron chi connectivity index (χ2n) is 8.16. The normalized spacial score (nSPS) is 20.5. The van der Waals surface area contributed by atoms with E-state index in [1.54, 1.807) is 0 Å². The first-order valence-electron chi connectivity index (χ1n) is 9.03. The minimum atomic E-state index is -0.0732. The van der Waals surface area contributed by atoms with Gasteiger partial charge in [-0.15, -0.1) is 0 Å². The molecule has 0 aromatic heterocycles. The van der Waals surface area contributed by atoms with Crippen LogP contribution in [0.5, 0.6) is 0 Å². The maximum atomic E-state index is 6.30. The molecule has 1 aliphatic heterocycles. The van der Waals surface area contributed by atoms with Crippen LogP contribution in [0.3, 0.4) is 0 Å². The van der Waals surface area contributed by atoms with Crippen LogP contribution in [0.4, 0.5) is 0 Å². The van der Waals surface area contributed by atoms with E-state index in [1.165, 1.54) is 16.7 Å². The van der Waals surface area contributed by atoms with E-state index in [-0.39, 0.29) is 11.5 Å². The number of rotatable bonds is 2. The Morgan fingerprint density at radius 2 is 1.58 bits per heavy atom. The van der Waals surface area contributed by atoms with E-state index in [4.69, 9.17) is 35.4 Å². The minimum absolute atomic E-state index is 0.0732. The average molecular weight is 406 g/mol. The molecule has 2 aromatic carbocycles. The molecule has 1 saturated heterocycles. The summed E-state index contributed by atoms with van der Waals surface area (Å²) >= 11 is 18.4. The Bertz CT molecular complexity index is 825. The Morgan fingerprint density at radius 3 is 2.12 bits per heavy atom. The van der Waals surface area contributed by atoms with Crippen molar-refractivity contribution in [3.05, 3.63) is 69.2 Å². The Labute approximate surface area is 172 Å². The van der Waals surface area contributed by atoms with Crippen molar-refractivity contribution in [2.45, 2.75) is 52.6 Å². The molecule has 4 heteroatoms. The summed E-state index contributed by atoms with van der Waals surface area (Å²) in [6.07, 6.45) is 2.12. The van der Waals surface area contributed by atoms with Crippen molar-refractivity contribution in [1.82, 2.24) is 4.90 Å². The van der Waals surface area contributed by atoms with Gasteiger partial charge in [0.2, 0.25) is 0 Å². The van der Waals surface area contributed by atoms with Crippen LogP contribution >= 0.6 is 35.4 Å².